The van der Waals surface area contributed by atoms with Gasteiger partial charge in [-0.1, -0.05) is 0 Å². The van der Waals surface area contributed by atoms with E-state index in [2.05, 4.69) is 4.74 Å². The molecule has 0 spiro atoms. The number of ether oxygens (including phenoxy) is 7. The summed E-state index contributed by atoms with van der Waals surface area (Å²) in [5.74, 6) is -6.90. The van der Waals surface area contributed by atoms with Gasteiger partial charge in [-0.05, 0) is 27.7 Å². The van der Waals surface area contributed by atoms with Crippen molar-refractivity contribution < 1.29 is 55.8 Å². The van der Waals surface area contributed by atoms with E-state index in [0.717, 1.165) is 13.8 Å². The van der Waals surface area contributed by atoms with Crippen LogP contribution in [0.25, 0.3) is 0 Å². The van der Waals surface area contributed by atoms with Crippen molar-refractivity contribution in [3.63, 3.8) is 0 Å². The van der Waals surface area contributed by atoms with Crippen molar-refractivity contribution in [3.05, 3.63) is 0 Å². The maximum absolute atomic E-state index is 12.4. The van der Waals surface area contributed by atoms with Crippen molar-refractivity contribution in [3.8, 4) is 0 Å². The van der Waals surface area contributed by atoms with Crippen LogP contribution in [0.4, 0.5) is 17.6 Å². The summed E-state index contributed by atoms with van der Waals surface area (Å²) >= 11 is 0. The van der Waals surface area contributed by atoms with Gasteiger partial charge in [-0.25, -0.2) is 17.6 Å². The molecule has 2 fully saturated rings. The number of halogens is 4. The molecule has 0 saturated carbocycles. The molecular formula is C21H38F4O8. The Morgan fingerprint density at radius 3 is 1.58 bits per heavy atom. The monoisotopic (exact) mass is 494 g/mol. The molecule has 33 heavy (non-hydrogen) atoms. The van der Waals surface area contributed by atoms with E-state index >= 15 is 0 Å². The van der Waals surface area contributed by atoms with Gasteiger partial charge in [0, 0.05) is 13.8 Å². The molecule has 8 nitrogen and oxygen atoms in total. The molecule has 2 rings (SSSR count). The summed E-state index contributed by atoms with van der Waals surface area (Å²) < 4.78 is 85.8. The zero-order valence-electron chi connectivity index (χ0n) is 20.2. The summed E-state index contributed by atoms with van der Waals surface area (Å²) in [5, 5.41) is 9.46. The number of aliphatic hydroxyl groups is 1. The molecule has 0 aromatic rings. The second kappa shape index (κ2) is 12.9. The quantitative estimate of drug-likeness (QED) is 0.415. The lowest BCUT2D eigenvalue weighted by atomic mass is 10.3. The van der Waals surface area contributed by atoms with Gasteiger partial charge in [0.15, 0.2) is 11.6 Å². The molecule has 1 N–H and O–H groups in total. The summed E-state index contributed by atoms with van der Waals surface area (Å²) in [5.41, 5.74) is 0. The van der Waals surface area contributed by atoms with Crippen molar-refractivity contribution in [2.24, 2.45) is 0 Å². The molecule has 0 aromatic heterocycles. The van der Waals surface area contributed by atoms with Gasteiger partial charge in [-0.3, -0.25) is 0 Å². The second-order valence-electron chi connectivity index (χ2n) is 9.26. The highest BCUT2D eigenvalue weighted by Crippen LogP contribution is 2.23. The molecule has 0 radical (unpaired) electrons. The lowest BCUT2D eigenvalue weighted by Gasteiger charge is -2.18. The van der Waals surface area contributed by atoms with Crippen LogP contribution < -0.4 is 0 Å². The first-order valence-corrected chi connectivity index (χ1v) is 10.8. The van der Waals surface area contributed by atoms with Crippen molar-refractivity contribution in [1.82, 2.24) is 0 Å². The Labute approximate surface area is 192 Å². The standard InChI is InChI=1S/C12H22F2O5.C9H16F2O3/c1-11(2)18-7-10(19-11)6-16-4-9(15)5-17-8-12(3,13)14;1-8(2)13-5-7(14-8)4-12-6-9(3,10)11/h9-10,15H,4-8H2,1-3H3;7H,4-6H2,1-3H3. The highest BCUT2D eigenvalue weighted by atomic mass is 19.3. The Balaban J connectivity index is 0.000000346. The smallest absolute Gasteiger partial charge is 0.268 e. The number of alkyl halides is 4. The van der Waals surface area contributed by atoms with Crippen LogP contribution in [0.5, 0.6) is 0 Å². The van der Waals surface area contributed by atoms with Crippen LogP contribution in [0.3, 0.4) is 0 Å². The minimum Gasteiger partial charge on any atom is -0.388 e. The van der Waals surface area contributed by atoms with E-state index in [1.54, 1.807) is 27.7 Å². The maximum Gasteiger partial charge on any atom is 0.268 e. The normalized spacial score (nSPS) is 25.5. The number of hydrogen-bond donors (Lipinski definition) is 1. The molecular weight excluding hydrogens is 456 g/mol. The van der Waals surface area contributed by atoms with Crippen LogP contribution in [0.1, 0.15) is 41.5 Å². The zero-order valence-corrected chi connectivity index (χ0v) is 20.2. The van der Waals surface area contributed by atoms with Crippen molar-refractivity contribution in [2.45, 2.75) is 83.3 Å². The molecule has 2 saturated heterocycles. The van der Waals surface area contributed by atoms with E-state index in [1.807, 2.05) is 0 Å². The average Bonchev–Trinajstić information content (AvgIpc) is 3.14. The lowest BCUT2D eigenvalue weighted by Crippen LogP contribution is -2.29. The molecule has 12 heteroatoms. The highest BCUT2D eigenvalue weighted by Gasteiger charge is 2.34. The van der Waals surface area contributed by atoms with Crippen LogP contribution in [0, 0.1) is 0 Å². The fourth-order valence-corrected chi connectivity index (χ4v) is 2.82. The van der Waals surface area contributed by atoms with Crippen molar-refractivity contribution in [1.29, 1.82) is 0 Å². The molecule has 0 bridgehead atoms. The number of aliphatic hydroxyl groups excluding tert-OH is 1. The minimum absolute atomic E-state index is 0.00950. The predicted octanol–water partition coefficient (Wildman–Crippen LogP) is 3.00. The first kappa shape index (κ1) is 30.4. The van der Waals surface area contributed by atoms with Gasteiger partial charge in [0.2, 0.25) is 0 Å². The van der Waals surface area contributed by atoms with E-state index in [-0.39, 0.29) is 38.6 Å². The zero-order chi connectivity index (χ0) is 25.3. The first-order valence-electron chi connectivity index (χ1n) is 10.8. The second-order valence-corrected chi connectivity index (χ2v) is 9.26. The van der Waals surface area contributed by atoms with Gasteiger partial charge in [-0.2, -0.15) is 0 Å². The molecule has 198 valence electrons. The van der Waals surface area contributed by atoms with Crippen LogP contribution in [-0.2, 0) is 33.2 Å². The van der Waals surface area contributed by atoms with Gasteiger partial charge in [-0.15, -0.1) is 0 Å². The Morgan fingerprint density at radius 2 is 1.18 bits per heavy atom. The summed E-state index contributed by atoms with van der Waals surface area (Å²) in [6, 6.07) is 0. The van der Waals surface area contributed by atoms with E-state index in [9.17, 15) is 22.7 Å². The minimum atomic E-state index is -2.89. The molecule has 0 aliphatic carbocycles. The summed E-state index contributed by atoms with van der Waals surface area (Å²) in [6.45, 7) is 8.54. The van der Waals surface area contributed by atoms with Crippen molar-refractivity contribution >= 4 is 0 Å². The number of hydrogen-bond acceptors (Lipinski definition) is 8. The first-order chi connectivity index (χ1) is 15.0. The van der Waals surface area contributed by atoms with Gasteiger partial charge in [0.25, 0.3) is 11.8 Å². The Kier molecular flexibility index (Phi) is 11.9. The molecule has 2 aliphatic heterocycles. The molecule has 2 heterocycles. The topological polar surface area (TPSA) is 84.8 Å². The molecule has 3 unspecified atom stereocenters. The van der Waals surface area contributed by atoms with Crippen LogP contribution in [0.2, 0.25) is 0 Å². The highest BCUT2D eigenvalue weighted by molar-refractivity contribution is 4.71. The van der Waals surface area contributed by atoms with E-state index < -0.39 is 42.7 Å². The van der Waals surface area contributed by atoms with Gasteiger partial charge in [0.1, 0.15) is 31.5 Å². The van der Waals surface area contributed by atoms with Gasteiger partial charge >= 0.3 is 0 Å². The molecule has 0 aromatic carbocycles. The SMILES string of the molecule is CC(F)(F)COCC(O)COCC1COC(C)(C)O1.CC(F)(F)COCC1COC(C)(C)O1. The van der Waals surface area contributed by atoms with Crippen LogP contribution in [0.15, 0.2) is 0 Å². The number of rotatable bonds is 12. The van der Waals surface area contributed by atoms with E-state index in [1.165, 1.54) is 0 Å². The van der Waals surface area contributed by atoms with E-state index in [0.29, 0.717) is 13.2 Å². The van der Waals surface area contributed by atoms with Crippen molar-refractivity contribution in [2.75, 3.05) is 52.9 Å². The lowest BCUT2D eigenvalue weighted by molar-refractivity contribution is -0.150. The Bertz CT molecular complexity index is 551. The fraction of sp³-hybridized carbons (Fsp3) is 1.00. The maximum atomic E-state index is 12.4. The largest absolute Gasteiger partial charge is 0.388 e. The summed E-state index contributed by atoms with van der Waals surface area (Å²) in [7, 11) is 0. The van der Waals surface area contributed by atoms with Gasteiger partial charge < -0.3 is 38.3 Å². The van der Waals surface area contributed by atoms with Crippen LogP contribution >= 0.6 is 0 Å². The Morgan fingerprint density at radius 1 is 0.788 bits per heavy atom. The van der Waals surface area contributed by atoms with Gasteiger partial charge in [0.05, 0.1) is 39.6 Å². The summed E-state index contributed by atoms with van der Waals surface area (Å²) in [6.07, 6.45) is -1.35. The molecule has 0 amide bonds. The fourth-order valence-electron chi connectivity index (χ4n) is 2.82. The summed E-state index contributed by atoms with van der Waals surface area (Å²) in [4.78, 5) is 0. The van der Waals surface area contributed by atoms with Crippen LogP contribution in [-0.4, -0.2) is 99.7 Å². The third kappa shape index (κ3) is 15.8. The molecule has 3 atom stereocenters. The average molecular weight is 495 g/mol. The molecule has 2 aliphatic rings. The predicted molar refractivity (Wildman–Crippen MR) is 110 cm³/mol. The van der Waals surface area contributed by atoms with E-state index in [4.69, 9.17) is 28.4 Å². The third-order valence-electron chi connectivity index (χ3n) is 4.07. The third-order valence-corrected chi connectivity index (χ3v) is 4.07. The Hall–Kier alpha value is -0.600.